The van der Waals surface area contributed by atoms with Crippen molar-refractivity contribution in [3.63, 3.8) is 0 Å². The number of hydrogen-bond acceptors (Lipinski definition) is 4. The maximum absolute atomic E-state index is 4.72. The van der Waals surface area contributed by atoms with Gasteiger partial charge in [-0.15, -0.1) is 0 Å². The monoisotopic (exact) mass is 287 g/mol. The molecule has 3 rings (SSSR count). The molecule has 5 heteroatoms. The van der Waals surface area contributed by atoms with E-state index in [2.05, 4.69) is 50.2 Å². The summed E-state index contributed by atoms with van der Waals surface area (Å²) in [6.45, 7) is 12.3. The lowest BCUT2D eigenvalue weighted by atomic mass is 10.0. The van der Waals surface area contributed by atoms with E-state index in [-0.39, 0.29) is 10.8 Å². The first-order valence-corrected chi connectivity index (χ1v) is 7.72. The zero-order valence-electron chi connectivity index (χ0n) is 13.6. The summed E-state index contributed by atoms with van der Waals surface area (Å²) in [7, 11) is 0. The molecular formula is C16H25N5. The number of rotatable bonds is 5. The minimum absolute atomic E-state index is 0.269. The fraction of sp³-hybridized carbons (Fsp3) is 0.625. The van der Waals surface area contributed by atoms with Crippen LogP contribution in [0.1, 0.15) is 41.0 Å². The molecule has 2 aromatic rings. The summed E-state index contributed by atoms with van der Waals surface area (Å²) in [5.41, 5.74) is 1.42. The normalized spacial score (nSPS) is 19.7. The Labute approximate surface area is 126 Å². The van der Waals surface area contributed by atoms with Gasteiger partial charge in [-0.25, -0.2) is 9.97 Å². The number of hydrogen-bond donors (Lipinski definition) is 2. The van der Waals surface area contributed by atoms with E-state index in [0.29, 0.717) is 6.04 Å². The maximum Gasteiger partial charge on any atom is 0.180 e. The molecule has 5 nitrogen and oxygen atoms in total. The molecule has 1 saturated carbocycles. The molecule has 2 heterocycles. The van der Waals surface area contributed by atoms with Crippen LogP contribution in [0.5, 0.6) is 0 Å². The Morgan fingerprint density at radius 3 is 2.57 bits per heavy atom. The number of aromatic nitrogens is 3. The number of anilines is 2. The molecule has 1 aliphatic rings. The largest absolute Gasteiger partial charge is 0.369 e. The van der Waals surface area contributed by atoms with Gasteiger partial charge in [-0.3, -0.25) is 0 Å². The second-order valence-corrected chi connectivity index (χ2v) is 7.08. The minimum Gasteiger partial charge on any atom is -0.369 e. The standard InChI is InChI=1S/C16H25N5/c1-6-7-17-11-10-21-9-8-18-13(21)12(19-11)20-14-15(2,3)16(14,4)5/h8-10,14,17H,6-7H2,1-5H3,(H,19,20). The third kappa shape index (κ3) is 2.15. The highest BCUT2D eigenvalue weighted by Gasteiger charge is 2.65. The van der Waals surface area contributed by atoms with Crippen molar-refractivity contribution in [1.82, 2.24) is 14.4 Å². The van der Waals surface area contributed by atoms with E-state index in [1.807, 2.05) is 23.0 Å². The average molecular weight is 287 g/mol. The Morgan fingerprint density at radius 1 is 1.24 bits per heavy atom. The first-order chi connectivity index (χ1) is 9.88. The van der Waals surface area contributed by atoms with Crippen LogP contribution in [0.25, 0.3) is 5.65 Å². The molecular weight excluding hydrogens is 262 g/mol. The quantitative estimate of drug-likeness (QED) is 0.885. The molecule has 0 aromatic carbocycles. The zero-order valence-corrected chi connectivity index (χ0v) is 13.6. The smallest absolute Gasteiger partial charge is 0.180 e. The molecule has 0 radical (unpaired) electrons. The first kappa shape index (κ1) is 14.2. The van der Waals surface area contributed by atoms with Crippen molar-refractivity contribution in [3.8, 4) is 0 Å². The van der Waals surface area contributed by atoms with Crippen LogP contribution >= 0.6 is 0 Å². The highest BCUT2D eigenvalue weighted by atomic mass is 15.2. The Bertz CT molecular complexity index is 642. The van der Waals surface area contributed by atoms with Crippen molar-refractivity contribution in [3.05, 3.63) is 18.6 Å². The number of imidazole rings is 1. The molecule has 2 N–H and O–H groups in total. The van der Waals surface area contributed by atoms with E-state index >= 15 is 0 Å². The Morgan fingerprint density at radius 2 is 1.95 bits per heavy atom. The van der Waals surface area contributed by atoms with Crippen LogP contribution in [0.3, 0.4) is 0 Å². The molecule has 0 bridgehead atoms. The first-order valence-electron chi connectivity index (χ1n) is 7.72. The maximum atomic E-state index is 4.72. The van der Waals surface area contributed by atoms with Crippen LogP contribution in [0, 0.1) is 10.8 Å². The van der Waals surface area contributed by atoms with Gasteiger partial charge in [0, 0.05) is 25.0 Å². The molecule has 0 spiro atoms. The highest BCUT2D eigenvalue weighted by molar-refractivity contribution is 5.66. The lowest BCUT2D eigenvalue weighted by Crippen LogP contribution is -2.14. The van der Waals surface area contributed by atoms with Gasteiger partial charge in [-0.05, 0) is 17.3 Å². The van der Waals surface area contributed by atoms with Gasteiger partial charge in [0.15, 0.2) is 11.5 Å². The van der Waals surface area contributed by atoms with Gasteiger partial charge in [-0.1, -0.05) is 34.6 Å². The van der Waals surface area contributed by atoms with Crippen LogP contribution in [0.15, 0.2) is 18.6 Å². The van der Waals surface area contributed by atoms with E-state index in [9.17, 15) is 0 Å². The summed E-state index contributed by atoms with van der Waals surface area (Å²) < 4.78 is 2.02. The molecule has 0 amide bonds. The van der Waals surface area contributed by atoms with Crippen molar-refractivity contribution in [2.75, 3.05) is 17.2 Å². The van der Waals surface area contributed by atoms with Crippen LogP contribution in [0.2, 0.25) is 0 Å². The van der Waals surface area contributed by atoms with Crippen LogP contribution < -0.4 is 10.6 Å². The van der Waals surface area contributed by atoms with Crippen molar-refractivity contribution < 1.29 is 0 Å². The molecule has 0 aliphatic heterocycles. The zero-order chi connectivity index (χ0) is 15.3. The number of fused-ring (bicyclic) bond motifs is 1. The minimum atomic E-state index is 0.269. The molecule has 114 valence electrons. The predicted molar refractivity (Wildman–Crippen MR) is 86.7 cm³/mol. The van der Waals surface area contributed by atoms with Crippen LogP contribution in [0.4, 0.5) is 11.6 Å². The van der Waals surface area contributed by atoms with Crippen LogP contribution in [-0.2, 0) is 0 Å². The Kier molecular flexibility index (Phi) is 3.11. The van der Waals surface area contributed by atoms with Crippen LogP contribution in [-0.4, -0.2) is 27.0 Å². The van der Waals surface area contributed by atoms with E-state index in [0.717, 1.165) is 30.2 Å². The molecule has 2 aromatic heterocycles. The fourth-order valence-corrected chi connectivity index (χ4v) is 3.06. The summed E-state index contributed by atoms with van der Waals surface area (Å²) in [6, 6.07) is 0.416. The summed E-state index contributed by atoms with van der Waals surface area (Å²) in [5.74, 6) is 1.76. The third-order valence-corrected chi connectivity index (χ3v) is 5.23. The lowest BCUT2D eigenvalue weighted by molar-refractivity contribution is 0.457. The van der Waals surface area contributed by atoms with Gasteiger partial charge in [0.05, 0.1) is 6.20 Å². The average Bonchev–Trinajstić information content (AvgIpc) is 2.80. The van der Waals surface area contributed by atoms with Gasteiger partial charge in [0.1, 0.15) is 5.82 Å². The SMILES string of the molecule is CCCNc1cn2ccnc2c(NC2C(C)(C)C2(C)C)n1. The van der Waals surface area contributed by atoms with E-state index in [4.69, 9.17) is 4.98 Å². The van der Waals surface area contributed by atoms with E-state index in [1.54, 1.807) is 0 Å². The molecule has 0 unspecified atom stereocenters. The Balaban J connectivity index is 1.92. The number of nitrogens with one attached hydrogen (secondary N) is 2. The topological polar surface area (TPSA) is 54.2 Å². The van der Waals surface area contributed by atoms with Gasteiger partial charge in [-0.2, -0.15) is 0 Å². The molecule has 1 fully saturated rings. The van der Waals surface area contributed by atoms with E-state index in [1.165, 1.54) is 0 Å². The molecule has 21 heavy (non-hydrogen) atoms. The van der Waals surface area contributed by atoms with Crippen molar-refractivity contribution in [2.45, 2.75) is 47.1 Å². The number of nitrogens with zero attached hydrogens (tertiary/aromatic N) is 3. The third-order valence-electron chi connectivity index (χ3n) is 5.23. The van der Waals surface area contributed by atoms with Crippen molar-refractivity contribution >= 4 is 17.3 Å². The molecule has 0 saturated heterocycles. The lowest BCUT2D eigenvalue weighted by Gasteiger charge is -2.12. The van der Waals surface area contributed by atoms with Gasteiger partial charge < -0.3 is 15.0 Å². The van der Waals surface area contributed by atoms with Crippen molar-refractivity contribution in [2.24, 2.45) is 10.8 Å². The van der Waals surface area contributed by atoms with Gasteiger partial charge >= 0.3 is 0 Å². The molecule has 1 aliphatic carbocycles. The second kappa shape index (κ2) is 4.61. The van der Waals surface area contributed by atoms with Crippen molar-refractivity contribution in [1.29, 1.82) is 0 Å². The summed E-state index contributed by atoms with van der Waals surface area (Å²) in [6.07, 6.45) is 6.85. The molecule has 0 atom stereocenters. The van der Waals surface area contributed by atoms with E-state index < -0.39 is 0 Å². The highest BCUT2D eigenvalue weighted by Crippen LogP contribution is 2.63. The Hall–Kier alpha value is -1.78. The van der Waals surface area contributed by atoms with Gasteiger partial charge in [0.25, 0.3) is 0 Å². The summed E-state index contributed by atoms with van der Waals surface area (Å²) in [4.78, 5) is 9.14. The second-order valence-electron chi connectivity index (χ2n) is 7.08. The van der Waals surface area contributed by atoms with Gasteiger partial charge in [0.2, 0.25) is 0 Å². The fourth-order valence-electron chi connectivity index (χ4n) is 3.06. The predicted octanol–water partition coefficient (Wildman–Crippen LogP) is 3.40. The summed E-state index contributed by atoms with van der Waals surface area (Å²) >= 11 is 0. The summed E-state index contributed by atoms with van der Waals surface area (Å²) in [5, 5.41) is 6.96.